The Balaban J connectivity index is 2.12. The summed E-state index contributed by atoms with van der Waals surface area (Å²) in [5.41, 5.74) is -0.771. The molecule has 0 aromatic heterocycles. The van der Waals surface area contributed by atoms with Crippen LogP contribution in [0.25, 0.3) is 0 Å². The van der Waals surface area contributed by atoms with E-state index in [1.807, 2.05) is 0 Å². The van der Waals surface area contributed by atoms with Crippen LogP contribution in [0.15, 0.2) is 0 Å². The minimum absolute atomic E-state index is 0.525. The van der Waals surface area contributed by atoms with Crippen LogP contribution in [-0.4, -0.2) is 116 Å². The van der Waals surface area contributed by atoms with Gasteiger partial charge in [0.05, 0.1) is 13.2 Å². The molecule has 4 unspecified atom stereocenters. The molecule has 0 spiro atoms. The molecule has 2 saturated heterocycles. The van der Waals surface area contributed by atoms with Crippen LogP contribution >= 0.6 is 11.8 Å². The van der Waals surface area contributed by atoms with E-state index in [-0.39, 0.29) is 0 Å². The Bertz CT molecular complexity index is 397. The third-order valence-electron chi connectivity index (χ3n) is 4.19. The first-order chi connectivity index (χ1) is 11.3. The molecule has 2 aliphatic heterocycles. The second-order valence-electron chi connectivity index (χ2n) is 5.74. The fraction of sp³-hybridized carbons (Fsp3) is 1.00. The van der Waals surface area contributed by atoms with E-state index in [1.54, 1.807) is 6.26 Å². The van der Waals surface area contributed by atoms with Crippen LogP contribution in [0.5, 0.6) is 0 Å². The SMILES string of the molecule is CS[C@@H]1OC(CO)[C@@H](O[C@@H]2OC(CO)[C@@H](O)[C@H](O)C2O)[C@H](O)C1O. The number of hydrogen-bond donors (Lipinski definition) is 7. The topological polar surface area (TPSA) is 169 Å². The van der Waals surface area contributed by atoms with Gasteiger partial charge < -0.3 is 50.0 Å². The molecule has 2 fully saturated rings. The molecule has 2 rings (SSSR count). The normalized spacial score (nSPS) is 50.0. The van der Waals surface area contributed by atoms with Crippen molar-refractivity contribution in [1.82, 2.24) is 0 Å². The second kappa shape index (κ2) is 8.56. The minimum Gasteiger partial charge on any atom is -0.394 e. The lowest BCUT2D eigenvalue weighted by atomic mass is 9.97. The van der Waals surface area contributed by atoms with Gasteiger partial charge in [0.25, 0.3) is 0 Å². The highest BCUT2D eigenvalue weighted by Gasteiger charge is 2.50. The van der Waals surface area contributed by atoms with Gasteiger partial charge in [-0.3, -0.25) is 0 Å². The maximum atomic E-state index is 10.2. The molecule has 0 amide bonds. The van der Waals surface area contributed by atoms with E-state index in [0.29, 0.717) is 0 Å². The molecule has 7 N–H and O–H groups in total. The molecule has 2 aliphatic rings. The fourth-order valence-corrected chi connectivity index (χ4v) is 3.44. The highest BCUT2D eigenvalue weighted by atomic mass is 32.2. The Morgan fingerprint density at radius 2 is 1.42 bits per heavy atom. The Morgan fingerprint density at radius 3 is 1.96 bits per heavy atom. The summed E-state index contributed by atoms with van der Waals surface area (Å²) in [4.78, 5) is 0. The van der Waals surface area contributed by atoms with Crippen LogP contribution in [0.2, 0.25) is 0 Å². The number of rotatable bonds is 5. The average Bonchev–Trinajstić information content (AvgIpc) is 2.59. The molecule has 24 heavy (non-hydrogen) atoms. The molecule has 0 bridgehead atoms. The minimum atomic E-state index is -1.66. The summed E-state index contributed by atoms with van der Waals surface area (Å²) in [6.45, 7) is -1.15. The fourth-order valence-electron chi connectivity index (χ4n) is 2.75. The van der Waals surface area contributed by atoms with Gasteiger partial charge in [0, 0.05) is 0 Å². The summed E-state index contributed by atoms with van der Waals surface area (Å²) in [6.07, 6.45) is -10.9. The van der Waals surface area contributed by atoms with E-state index in [4.69, 9.17) is 19.3 Å². The van der Waals surface area contributed by atoms with Gasteiger partial charge in [-0.05, 0) is 6.26 Å². The quantitative estimate of drug-likeness (QED) is 0.251. The molecule has 2 heterocycles. The van der Waals surface area contributed by atoms with Crippen molar-refractivity contribution >= 4 is 11.8 Å². The van der Waals surface area contributed by atoms with Crippen LogP contribution in [0, 0.1) is 0 Å². The zero-order valence-electron chi connectivity index (χ0n) is 13.0. The molecule has 0 radical (unpaired) electrons. The Kier molecular flexibility index (Phi) is 7.22. The first-order valence-corrected chi connectivity index (χ1v) is 8.75. The monoisotopic (exact) mass is 372 g/mol. The predicted octanol–water partition coefficient (Wildman–Crippen LogP) is -4.03. The maximum Gasteiger partial charge on any atom is 0.187 e. The molecule has 0 saturated carbocycles. The summed E-state index contributed by atoms with van der Waals surface area (Å²) in [5, 5.41) is 68.3. The van der Waals surface area contributed by atoms with E-state index >= 15 is 0 Å². The van der Waals surface area contributed by atoms with Crippen LogP contribution in [0.3, 0.4) is 0 Å². The zero-order chi connectivity index (χ0) is 18.0. The molecule has 0 aromatic carbocycles. The van der Waals surface area contributed by atoms with Crippen molar-refractivity contribution in [2.24, 2.45) is 0 Å². The standard InChI is InChI=1S/C13H24O10S/c1-24-13-10(20)8(18)11(5(3-15)22-13)23-12-9(19)7(17)6(16)4(2-14)21-12/h4-20H,2-3H2,1H3/t4?,5?,6-,7+,8-,9?,10?,11-,12+,13+/m1/s1. The molecule has 0 aromatic rings. The van der Waals surface area contributed by atoms with Crippen molar-refractivity contribution in [2.75, 3.05) is 19.5 Å². The van der Waals surface area contributed by atoms with Crippen LogP contribution in [0.1, 0.15) is 0 Å². The molecule has 10 atom stereocenters. The van der Waals surface area contributed by atoms with E-state index in [1.165, 1.54) is 0 Å². The molecular formula is C13H24O10S. The number of aliphatic hydroxyl groups is 7. The Hall–Kier alpha value is -0.0500. The average molecular weight is 372 g/mol. The summed E-state index contributed by atoms with van der Waals surface area (Å²) in [7, 11) is 0. The summed E-state index contributed by atoms with van der Waals surface area (Å²) in [5.74, 6) is 0. The summed E-state index contributed by atoms with van der Waals surface area (Å²) >= 11 is 1.14. The van der Waals surface area contributed by atoms with Gasteiger partial charge >= 0.3 is 0 Å². The van der Waals surface area contributed by atoms with E-state index in [9.17, 15) is 30.6 Å². The van der Waals surface area contributed by atoms with Crippen molar-refractivity contribution in [2.45, 2.75) is 60.6 Å². The van der Waals surface area contributed by atoms with Gasteiger partial charge in [-0.2, -0.15) is 0 Å². The van der Waals surface area contributed by atoms with Crippen molar-refractivity contribution in [3.05, 3.63) is 0 Å². The highest BCUT2D eigenvalue weighted by molar-refractivity contribution is 7.99. The third-order valence-corrected chi connectivity index (χ3v) is 5.05. The first-order valence-electron chi connectivity index (χ1n) is 7.46. The lowest BCUT2D eigenvalue weighted by Gasteiger charge is -2.45. The number of hydrogen-bond acceptors (Lipinski definition) is 11. The van der Waals surface area contributed by atoms with Crippen molar-refractivity contribution in [3.63, 3.8) is 0 Å². The Labute approximate surface area is 142 Å². The van der Waals surface area contributed by atoms with Crippen LogP contribution in [0.4, 0.5) is 0 Å². The van der Waals surface area contributed by atoms with Gasteiger partial charge in [0.1, 0.15) is 54.3 Å². The lowest BCUT2D eigenvalue weighted by Crippen LogP contribution is -2.64. The van der Waals surface area contributed by atoms with E-state index < -0.39 is 73.8 Å². The summed E-state index contributed by atoms with van der Waals surface area (Å²) in [6, 6.07) is 0. The Morgan fingerprint density at radius 1 is 0.792 bits per heavy atom. The first kappa shape index (κ1) is 20.3. The highest BCUT2D eigenvalue weighted by Crippen LogP contribution is 2.31. The molecule has 142 valence electrons. The van der Waals surface area contributed by atoms with Crippen molar-refractivity contribution < 1.29 is 50.0 Å². The van der Waals surface area contributed by atoms with Gasteiger partial charge in [-0.15, -0.1) is 11.8 Å². The smallest absolute Gasteiger partial charge is 0.187 e. The van der Waals surface area contributed by atoms with Gasteiger partial charge in [0.2, 0.25) is 0 Å². The maximum absolute atomic E-state index is 10.2. The zero-order valence-corrected chi connectivity index (χ0v) is 13.8. The van der Waals surface area contributed by atoms with Crippen LogP contribution in [-0.2, 0) is 14.2 Å². The molecule has 0 aliphatic carbocycles. The van der Waals surface area contributed by atoms with Crippen molar-refractivity contribution in [1.29, 1.82) is 0 Å². The predicted molar refractivity (Wildman–Crippen MR) is 79.9 cm³/mol. The molecular weight excluding hydrogens is 348 g/mol. The third kappa shape index (κ3) is 3.86. The molecule has 10 nitrogen and oxygen atoms in total. The lowest BCUT2D eigenvalue weighted by molar-refractivity contribution is -0.338. The van der Waals surface area contributed by atoms with Crippen LogP contribution < -0.4 is 0 Å². The van der Waals surface area contributed by atoms with Gasteiger partial charge in [0.15, 0.2) is 6.29 Å². The number of ether oxygens (including phenoxy) is 3. The second-order valence-corrected chi connectivity index (χ2v) is 6.68. The van der Waals surface area contributed by atoms with E-state index in [0.717, 1.165) is 11.8 Å². The van der Waals surface area contributed by atoms with Gasteiger partial charge in [-0.1, -0.05) is 0 Å². The van der Waals surface area contributed by atoms with Crippen molar-refractivity contribution in [3.8, 4) is 0 Å². The van der Waals surface area contributed by atoms with E-state index in [2.05, 4.69) is 0 Å². The molecule has 11 heteroatoms. The van der Waals surface area contributed by atoms with Gasteiger partial charge in [-0.25, -0.2) is 0 Å². The number of aliphatic hydroxyl groups excluding tert-OH is 7. The largest absolute Gasteiger partial charge is 0.394 e. The number of thioether (sulfide) groups is 1. The summed E-state index contributed by atoms with van der Waals surface area (Å²) < 4.78 is 16.0.